The fraction of sp³-hybridized carbons (Fsp3) is 0.368. The first-order valence-corrected chi connectivity index (χ1v) is 9.11. The first kappa shape index (κ1) is 18.0. The number of fused-ring (bicyclic) bond motifs is 1. The zero-order valence-corrected chi connectivity index (χ0v) is 15.6. The van der Waals surface area contributed by atoms with E-state index in [0.29, 0.717) is 23.3 Å². The summed E-state index contributed by atoms with van der Waals surface area (Å²) in [5.74, 6) is 2.18. The van der Waals surface area contributed by atoms with Crippen molar-refractivity contribution in [2.45, 2.75) is 19.4 Å². The lowest BCUT2D eigenvalue weighted by molar-refractivity contribution is -0.116. The summed E-state index contributed by atoms with van der Waals surface area (Å²) < 4.78 is 15.8. The molecule has 1 fully saturated rings. The lowest BCUT2D eigenvalue weighted by Gasteiger charge is -2.16. The Bertz CT molecular complexity index is 896. The van der Waals surface area contributed by atoms with Gasteiger partial charge in [0.15, 0.2) is 17.3 Å². The van der Waals surface area contributed by atoms with Gasteiger partial charge in [-0.05, 0) is 36.6 Å². The second kappa shape index (κ2) is 8.12. The molecule has 1 aromatic carbocycles. The molecule has 0 bridgehead atoms. The molecule has 2 aromatic rings. The molecule has 1 amide bonds. The smallest absolute Gasteiger partial charge is 0.321 e. The standard InChI is InChI=1S/C19H21N5O4/c1-26-19-22-16(21-18(23-19)24-8-2-3-9-24)11-20-17(25)7-5-13-4-6-14-15(10-13)28-12-27-14/h4-7,10H,2-3,8-9,11-12H2,1H3,(H,20,25)/b7-5+. The van der Waals surface area contributed by atoms with Crippen molar-refractivity contribution in [3.8, 4) is 17.5 Å². The zero-order chi connectivity index (χ0) is 19.3. The van der Waals surface area contributed by atoms with Gasteiger partial charge in [-0.3, -0.25) is 4.79 Å². The summed E-state index contributed by atoms with van der Waals surface area (Å²) in [5.41, 5.74) is 0.845. The van der Waals surface area contributed by atoms with Gasteiger partial charge in [0.2, 0.25) is 18.6 Å². The molecule has 28 heavy (non-hydrogen) atoms. The van der Waals surface area contributed by atoms with Crippen molar-refractivity contribution in [1.82, 2.24) is 20.3 Å². The molecule has 1 saturated heterocycles. The first-order chi connectivity index (χ1) is 13.7. The molecule has 1 aromatic heterocycles. The fourth-order valence-electron chi connectivity index (χ4n) is 3.03. The van der Waals surface area contributed by atoms with Gasteiger partial charge in [-0.2, -0.15) is 15.0 Å². The number of hydrogen-bond acceptors (Lipinski definition) is 8. The van der Waals surface area contributed by atoms with Gasteiger partial charge in [0.05, 0.1) is 13.7 Å². The Kier molecular flexibility index (Phi) is 5.22. The van der Waals surface area contributed by atoms with Crippen LogP contribution in [-0.2, 0) is 11.3 Å². The van der Waals surface area contributed by atoms with E-state index >= 15 is 0 Å². The van der Waals surface area contributed by atoms with Crippen molar-refractivity contribution in [2.24, 2.45) is 0 Å². The highest BCUT2D eigenvalue weighted by atomic mass is 16.7. The van der Waals surface area contributed by atoms with E-state index in [1.54, 1.807) is 6.08 Å². The molecule has 0 aliphatic carbocycles. The maximum atomic E-state index is 12.2. The predicted octanol–water partition coefficient (Wildman–Crippen LogP) is 1.54. The number of methoxy groups -OCH3 is 1. The Labute approximate surface area is 162 Å². The number of carbonyl (C=O) groups is 1. The molecular weight excluding hydrogens is 362 g/mol. The van der Waals surface area contributed by atoms with Gasteiger partial charge >= 0.3 is 6.01 Å². The van der Waals surface area contributed by atoms with Crippen molar-refractivity contribution < 1.29 is 19.0 Å². The van der Waals surface area contributed by atoms with Crippen LogP contribution in [0.25, 0.3) is 6.08 Å². The third kappa shape index (κ3) is 4.13. The van der Waals surface area contributed by atoms with E-state index in [9.17, 15) is 4.79 Å². The van der Waals surface area contributed by atoms with Crippen LogP contribution in [0, 0.1) is 0 Å². The number of anilines is 1. The van der Waals surface area contributed by atoms with Gasteiger partial charge in [0, 0.05) is 19.2 Å². The average Bonchev–Trinajstić information content (AvgIpc) is 3.42. The Morgan fingerprint density at radius 1 is 1.21 bits per heavy atom. The van der Waals surface area contributed by atoms with Gasteiger partial charge in [-0.15, -0.1) is 0 Å². The number of rotatable bonds is 6. The van der Waals surface area contributed by atoms with Crippen molar-refractivity contribution in [3.63, 3.8) is 0 Å². The highest BCUT2D eigenvalue weighted by Gasteiger charge is 2.18. The molecule has 0 radical (unpaired) electrons. The number of amides is 1. The molecule has 4 rings (SSSR count). The molecule has 2 aliphatic rings. The molecule has 2 aliphatic heterocycles. The molecule has 9 nitrogen and oxygen atoms in total. The summed E-state index contributed by atoms with van der Waals surface area (Å²) in [6.45, 7) is 2.23. The third-order valence-electron chi connectivity index (χ3n) is 4.47. The zero-order valence-electron chi connectivity index (χ0n) is 15.6. The van der Waals surface area contributed by atoms with Gasteiger partial charge < -0.3 is 24.4 Å². The lowest BCUT2D eigenvalue weighted by Crippen LogP contribution is -2.25. The number of aromatic nitrogens is 3. The fourth-order valence-corrected chi connectivity index (χ4v) is 3.03. The largest absolute Gasteiger partial charge is 0.467 e. The van der Waals surface area contributed by atoms with E-state index in [1.807, 2.05) is 18.2 Å². The van der Waals surface area contributed by atoms with Gasteiger partial charge in [-0.25, -0.2) is 0 Å². The summed E-state index contributed by atoms with van der Waals surface area (Å²) in [7, 11) is 1.51. The molecule has 1 N–H and O–H groups in total. The van der Waals surface area contributed by atoms with Crippen LogP contribution in [0.15, 0.2) is 24.3 Å². The van der Waals surface area contributed by atoms with Crippen molar-refractivity contribution in [3.05, 3.63) is 35.7 Å². The SMILES string of the molecule is COc1nc(CNC(=O)/C=C/c2ccc3c(c2)OCO3)nc(N2CCCC2)n1. The highest BCUT2D eigenvalue weighted by Crippen LogP contribution is 2.32. The Morgan fingerprint density at radius 2 is 2.04 bits per heavy atom. The van der Waals surface area contributed by atoms with Crippen LogP contribution in [0.5, 0.6) is 17.5 Å². The molecule has 3 heterocycles. The number of hydrogen-bond donors (Lipinski definition) is 1. The maximum absolute atomic E-state index is 12.2. The van der Waals surface area contributed by atoms with E-state index in [1.165, 1.54) is 13.2 Å². The van der Waals surface area contributed by atoms with Crippen LogP contribution >= 0.6 is 0 Å². The summed E-state index contributed by atoms with van der Waals surface area (Å²) >= 11 is 0. The van der Waals surface area contributed by atoms with Gasteiger partial charge in [0.1, 0.15) is 0 Å². The van der Waals surface area contributed by atoms with Crippen LogP contribution in [0.4, 0.5) is 5.95 Å². The number of ether oxygens (including phenoxy) is 3. The number of benzene rings is 1. The molecule has 0 atom stereocenters. The molecule has 9 heteroatoms. The van der Waals surface area contributed by atoms with Crippen molar-refractivity contribution >= 4 is 17.9 Å². The maximum Gasteiger partial charge on any atom is 0.321 e. The van der Waals surface area contributed by atoms with Gasteiger partial charge in [-0.1, -0.05) is 6.07 Å². The Balaban J connectivity index is 1.38. The minimum atomic E-state index is -0.250. The van der Waals surface area contributed by atoms with E-state index < -0.39 is 0 Å². The van der Waals surface area contributed by atoms with E-state index in [0.717, 1.165) is 31.5 Å². The summed E-state index contributed by atoms with van der Waals surface area (Å²) in [6, 6.07) is 5.75. The molecular formula is C19H21N5O4. The number of nitrogens with zero attached hydrogens (tertiary/aromatic N) is 4. The van der Waals surface area contributed by atoms with Crippen LogP contribution in [-0.4, -0.2) is 47.9 Å². The average molecular weight is 383 g/mol. The second-order valence-corrected chi connectivity index (χ2v) is 6.40. The van der Waals surface area contributed by atoms with Crippen LogP contribution < -0.4 is 24.4 Å². The van der Waals surface area contributed by atoms with Crippen molar-refractivity contribution in [2.75, 3.05) is 31.9 Å². The number of carbonyl (C=O) groups excluding carboxylic acids is 1. The Hall–Kier alpha value is -3.36. The van der Waals surface area contributed by atoms with Crippen LogP contribution in [0.2, 0.25) is 0 Å². The third-order valence-corrected chi connectivity index (χ3v) is 4.47. The molecule has 0 saturated carbocycles. The minimum absolute atomic E-state index is 0.185. The topological polar surface area (TPSA) is 98.7 Å². The van der Waals surface area contributed by atoms with Crippen LogP contribution in [0.3, 0.4) is 0 Å². The highest BCUT2D eigenvalue weighted by molar-refractivity contribution is 5.91. The number of nitrogens with one attached hydrogen (secondary N) is 1. The Morgan fingerprint density at radius 3 is 2.86 bits per heavy atom. The minimum Gasteiger partial charge on any atom is -0.467 e. The first-order valence-electron chi connectivity index (χ1n) is 9.11. The van der Waals surface area contributed by atoms with E-state index in [-0.39, 0.29) is 25.3 Å². The lowest BCUT2D eigenvalue weighted by atomic mass is 10.2. The van der Waals surface area contributed by atoms with Crippen LogP contribution in [0.1, 0.15) is 24.2 Å². The normalized spacial score (nSPS) is 15.2. The van der Waals surface area contributed by atoms with Crippen molar-refractivity contribution in [1.29, 1.82) is 0 Å². The van der Waals surface area contributed by atoms with Gasteiger partial charge in [0.25, 0.3) is 0 Å². The quantitative estimate of drug-likeness (QED) is 0.750. The van der Waals surface area contributed by atoms with E-state index in [2.05, 4.69) is 25.2 Å². The summed E-state index contributed by atoms with van der Waals surface area (Å²) in [6.07, 6.45) is 5.40. The molecule has 0 unspecified atom stereocenters. The van der Waals surface area contributed by atoms with E-state index in [4.69, 9.17) is 14.2 Å². The molecule has 0 spiro atoms. The summed E-state index contributed by atoms with van der Waals surface area (Å²) in [4.78, 5) is 27.2. The predicted molar refractivity (Wildman–Crippen MR) is 101 cm³/mol. The monoisotopic (exact) mass is 383 g/mol. The second-order valence-electron chi connectivity index (χ2n) is 6.40. The molecule has 146 valence electrons. The summed E-state index contributed by atoms with van der Waals surface area (Å²) in [5, 5.41) is 2.78.